The van der Waals surface area contributed by atoms with E-state index in [4.69, 9.17) is 0 Å². The average molecular weight is 453 g/mol. The quantitative estimate of drug-likeness (QED) is 0.438. The summed E-state index contributed by atoms with van der Waals surface area (Å²) in [7, 11) is 2.17. The van der Waals surface area contributed by atoms with Gasteiger partial charge < -0.3 is 15.5 Å². The molecule has 0 unspecified atom stereocenters. The van der Waals surface area contributed by atoms with Crippen molar-refractivity contribution in [2.45, 2.75) is 25.8 Å². The number of likely N-dealkylation sites (N-methyl/N-ethyl adjacent to an activating group) is 1. The lowest BCUT2D eigenvalue weighted by Crippen LogP contribution is -2.33. The van der Waals surface area contributed by atoms with Gasteiger partial charge in [-0.25, -0.2) is 24.9 Å². The highest BCUT2D eigenvalue weighted by Gasteiger charge is 2.19. The molecule has 0 aliphatic carbocycles. The van der Waals surface area contributed by atoms with Crippen molar-refractivity contribution in [2.75, 3.05) is 30.4 Å². The molecule has 8 heteroatoms. The third-order valence-electron chi connectivity index (χ3n) is 6.02. The van der Waals surface area contributed by atoms with E-state index < -0.39 is 0 Å². The van der Waals surface area contributed by atoms with Crippen molar-refractivity contribution in [1.82, 2.24) is 30.2 Å². The normalized spacial score (nSPS) is 15.3. The van der Waals surface area contributed by atoms with E-state index in [1.54, 1.807) is 12.4 Å². The summed E-state index contributed by atoms with van der Waals surface area (Å²) >= 11 is 0. The van der Waals surface area contributed by atoms with Crippen molar-refractivity contribution in [3.8, 4) is 11.5 Å². The average Bonchev–Trinajstić information content (AvgIpc) is 3.40. The maximum atomic E-state index is 4.68. The molecule has 0 bridgehead atoms. The molecule has 1 atom stereocenters. The molecule has 3 aromatic heterocycles. The largest absolute Gasteiger partial charge is 0.370 e. The number of nitrogens with one attached hydrogen (secondary N) is 2. The molecule has 0 saturated carbocycles. The van der Waals surface area contributed by atoms with Crippen molar-refractivity contribution >= 4 is 17.3 Å². The number of pyridine rings is 1. The summed E-state index contributed by atoms with van der Waals surface area (Å²) in [5.41, 5.74) is 4.07. The second-order valence-electron chi connectivity index (χ2n) is 8.51. The minimum atomic E-state index is 0.556. The van der Waals surface area contributed by atoms with Crippen LogP contribution in [0.3, 0.4) is 0 Å². The van der Waals surface area contributed by atoms with Crippen LogP contribution in [0, 0.1) is 6.92 Å². The second-order valence-corrected chi connectivity index (χ2v) is 8.51. The molecule has 2 N–H and O–H groups in total. The fraction of sp³-hybridized carbons (Fsp3) is 0.269. The number of aromatic nitrogens is 5. The third kappa shape index (κ3) is 5.18. The first-order chi connectivity index (χ1) is 16.6. The van der Waals surface area contributed by atoms with Gasteiger partial charge >= 0.3 is 0 Å². The van der Waals surface area contributed by atoms with Crippen LogP contribution >= 0.6 is 0 Å². The van der Waals surface area contributed by atoms with Crippen LogP contribution in [-0.2, 0) is 6.42 Å². The summed E-state index contributed by atoms with van der Waals surface area (Å²) < 4.78 is 0. The van der Waals surface area contributed by atoms with Gasteiger partial charge in [-0.2, -0.15) is 0 Å². The molecule has 4 aromatic rings. The minimum absolute atomic E-state index is 0.556. The summed E-state index contributed by atoms with van der Waals surface area (Å²) in [5, 5.41) is 6.70. The van der Waals surface area contributed by atoms with Gasteiger partial charge in [-0.3, -0.25) is 0 Å². The SMILES string of the molecule is Cc1cccc(-c2nccc(Nc3ccnc(Cc4ccc(N(C)[C@@H]5CCNC5)cc4)n3)n2)n1. The van der Waals surface area contributed by atoms with Gasteiger partial charge in [0, 0.05) is 49.8 Å². The van der Waals surface area contributed by atoms with E-state index in [9.17, 15) is 0 Å². The summed E-state index contributed by atoms with van der Waals surface area (Å²) in [6.07, 6.45) is 5.33. The Hall–Kier alpha value is -3.91. The number of rotatable bonds is 7. The van der Waals surface area contributed by atoms with Crippen LogP contribution in [0.1, 0.15) is 23.5 Å². The predicted molar refractivity (Wildman–Crippen MR) is 134 cm³/mol. The Balaban J connectivity index is 1.26. The van der Waals surface area contributed by atoms with E-state index in [0.717, 1.165) is 30.3 Å². The molecule has 1 aliphatic heterocycles. The van der Waals surface area contributed by atoms with E-state index in [1.165, 1.54) is 17.7 Å². The Bertz CT molecular complexity index is 1250. The molecule has 4 heterocycles. The lowest BCUT2D eigenvalue weighted by atomic mass is 10.1. The second kappa shape index (κ2) is 9.93. The van der Waals surface area contributed by atoms with Crippen LogP contribution in [0.15, 0.2) is 67.0 Å². The maximum Gasteiger partial charge on any atom is 0.180 e. The molecule has 0 spiro atoms. The molecule has 1 saturated heterocycles. The Kier molecular flexibility index (Phi) is 6.40. The summed E-state index contributed by atoms with van der Waals surface area (Å²) in [6, 6.07) is 18.7. The highest BCUT2D eigenvalue weighted by molar-refractivity contribution is 5.56. The molecule has 5 rings (SSSR count). The molecule has 1 aliphatic rings. The molecule has 0 radical (unpaired) electrons. The summed E-state index contributed by atoms with van der Waals surface area (Å²) in [4.78, 5) is 25.0. The Morgan fingerprint density at radius 2 is 1.74 bits per heavy atom. The first-order valence-corrected chi connectivity index (χ1v) is 11.5. The van der Waals surface area contributed by atoms with Crippen molar-refractivity contribution in [3.63, 3.8) is 0 Å². The van der Waals surface area contributed by atoms with Gasteiger partial charge in [0.15, 0.2) is 5.82 Å². The third-order valence-corrected chi connectivity index (χ3v) is 6.02. The lowest BCUT2D eigenvalue weighted by molar-refractivity contribution is 0.685. The number of aryl methyl sites for hydroxylation is 1. The Morgan fingerprint density at radius 3 is 2.50 bits per heavy atom. The van der Waals surface area contributed by atoms with Crippen LogP contribution in [0.2, 0.25) is 0 Å². The van der Waals surface area contributed by atoms with Crippen LogP contribution in [-0.4, -0.2) is 51.1 Å². The number of anilines is 3. The molecular formula is C26H28N8. The Morgan fingerprint density at radius 1 is 0.941 bits per heavy atom. The molecule has 172 valence electrons. The molecule has 1 aromatic carbocycles. The summed E-state index contributed by atoms with van der Waals surface area (Å²) in [5.74, 6) is 2.67. The smallest absolute Gasteiger partial charge is 0.180 e. The van der Waals surface area contributed by atoms with Gasteiger partial charge in [-0.1, -0.05) is 18.2 Å². The van der Waals surface area contributed by atoms with Gasteiger partial charge in [0.2, 0.25) is 0 Å². The summed E-state index contributed by atoms with van der Waals surface area (Å²) in [6.45, 7) is 4.09. The van der Waals surface area contributed by atoms with Crippen molar-refractivity contribution < 1.29 is 0 Å². The fourth-order valence-electron chi connectivity index (χ4n) is 4.12. The lowest BCUT2D eigenvalue weighted by Gasteiger charge is -2.26. The van der Waals surface area contributed by atoms with Crippen molar-refractivity contribution in [2.24, 2.45) is 0 Å². The maximum absolute atomic E-state index is 4.68. The van der Waals surface area contributed by atoms with Gasteiger partial charge in [-0.15, -0.1) is 0 Å². The molecule has 0 amide bonds. The predicted octanol–water partition coefficient (Wildman–Crippen LogP) is 3.77. The van der Waals surface area contributed by atoms with Gasteiger partial charge in [0.25, 0.3) is 0 Å². The first kappa shape index (κ1) is 21.9. The molecular weight excluding hydrogens is 424 g/mol. The molecule has 8 nitrogen and oxygen atoms in total. The molecule has 34 heavy (non-hydrogen) atoms. The van der Waals surface area contributed by atoms with E-state index in [-0.39, 0.29) is 0 Å². The van der Waals surface area contributed by atoms with Crippen LogP contribution in [0.25, 0.3) is 11.5 Å². The van der Waals surface area contributed by atoms with E-state index >= 15 is 0 Å². The first-order valence-electron chi connectivity index (χ1n) is 11.5. The molecule has 1 fully saturated rings. The minimum Gasteiger partial charge on any atom is -0.370 e. The van der Waals surface area contributed by atoms with Gasteiger partial charge in [0.1, 0.15) is 23.2 Å². The fourth-order valence-corrected chi connectivity index (χ4v) is 4.12. The number of nitrogens with zero attached hydrogens (tertiary/aromatic N) is 6. The van der Waals surface area contributed by atoms with Crippen LogP contribution in [0.5, 0.6) is 0 Å². The monoisotopic (exact) mass is 452 g/mol. The Labute approximate surface area is 199 Å². The zero-order chi connectivity index (χ0) is 23.3. The highest BCUT2D eigenvalue weighted by atomic mass is 15.2. The van der Waals surface area contributed by atoms with E-state index in [2.05, 4.69) is 71.8 Å². The van der Waals surface area contributed by atoms with E-state index in [1.807, 2.05) is 37.3 Å². The zero-order valence-electron chi connectivity index (χ0n) is 19.4. The standard InChI is InChI=1S/C26H28N8/c1-18-4-3-5-22(30-18)26-29-15-12-24(33-26)31-23-11-14-28-25(32-23)16-19-6-8-20(9-7-19)34(2)21-10-13-27-17-21/h3-9,11-12,14-15,21,27H,10,13,16-17H2,1-2H3,(H,28,29,31,32,33)/t21-/m1/s1. The number of benzene rings is 1. The number of hydrogen-bond acceptors (Lipinski definition) is 8. The van der Waals surface area contributed by atoms with Crippen LogP contribution < -0.4 is 15.5 Å². The van der Waals surface area contributed by atoms with Gasteiger partial charge in [0.05, 0.1) is 0 Å². The zero-order valence-corrected chi connectivity index (χ0v) is 19.4. The van der Waals surface area contributed by atoms with Crippen molar-refractivity contribution in [1.29, 1.82) is 0 Å². The van der Waals surface area contributed by atoms with Gasteiger partial charge in [-0.05, 0) is 61.9 Å². The highest BCUT2D eigenvalue weighted by Crippen LogP contribution is 2.21. The van der Waals surface area contributed by atoms with Crippen molar-refractivity contribution in [3.05, 3.63) is 84.1 Å². The number of hydrogen-bond donors (Lipinski definition) is 2. The van der Waals surface area contributed by atoms with E-state index in [0.29, 0.717) is 29.9 Å². The topological polar surface area (TPSA) is 91.8 Å². The van der Waals surface area contributed by atoms with Crippen LogP contribution in [0.4, 0.5) is 17.3 Å².